The molecule has 1 saturated carbocycles. The van der Waals surface area contributed by atoms with Gasteiger partial charge in [-0.3, -0.25) is 0 Å². The molecule has 0 spiro atoms. The predicted octanol–water partition coefficient (Wildman–Crippen LogP) is 4.11. The Bertz CT molecular complexity index is 407. The Labute approximate surface area is 118 Å². The molecule has 1 aromatic carbocycles. The van der Waals surface area contributed by atoms with Crippen LogP contribution in [0.25, 0.3) is 0 Å². The molecule has 0 amide bonds. The standard InChI is InChI=1S/C15H22BrNO/c1-10-6-7-13(8-11(10)2)18-15-12(9-17)4-3-5-14(15)16/h3-5,10-11,13H,6-9,17H2,1-2H3. The summed E-state index contributed by atoms with van der Waals surface area (Å²) in [5.74, 6) is 2.50. The fourth-order valence-electron chi connectivity index (χ4n) is 2.62. The fraction of sp³-hybridized carbons (Fsp3) is 0.600. The first-order valence-corrected chi connectivity index (χ1v) is 7.55. The SMILES string of the molecule is CC1CCC(Oc2c(Br)cccc2CN)CC1C. The van der Waals surface area contributed by atoms with Gasteiger partial charge in [0.1, 0.15) is 5.75 Å². The lowest BCUT2D eigenvalue weighted by molar-refractivity contribution is 0.0990. The van der Waals surface area contributed by atoms with Gasteiger partial charge in [-0.1, -0.05) is 26.0 Å². The lowest BCUT2D eigenvalue weighted by atomic mass is 9.80. The van der Waals surface area contributed by atoms with Crippen LogP contribution >= 0.6 is 15.9 Å². The Balaban J connectivity index is 2.10. The van der Waals surface area contributed by atoms with Crippen LogP contribution in [0, 0.1) is 11.8 Å². The van der Waals surface area contributed by atoms with E-state index in [4.69, 9.17) is 10.5 Å². The molecule has 2 rings (SSSR count). The highest BCUT2D eigenvalue weighted by atomic mass is 79.9. The third-order valence-electron chi connectivity index (χ3n) is 4.10. The first kappa shape index (κ1) is 13.9. The first-order chi connectivity index (χ1) is 8.61. The van der Waals surface area contributed by atoms with Gasteiger partial charge in [0.2, 0.25) is 0 Å². The quantitative estimate of drug-likeness (QED) is 0.911. The van der Waals surface area contributed by atoms with Gasteiger partial charge in [0, 0.05) is 12.1 Å². The van der Waals surface area contributed by atoms with Crippen molar-refractivity contribution >= 4 is 15.9 Å². The molecule has 3 unspecified atom stereocenters. The predicted molar refractivity (Wildman–Crippen MR) is 78.6 cm³/mol. The van der Waals surface area contributed by atoms with Crippen LogP contribution in [0.3, 0.4) is 0 Å². The number of rotatable bonds is 3. The van der Waals surface area contributed by atoms with E-state index in [1.807, 2.05) is 18.2 Å². The van der Waals surface area contributed by atoms with Gasteiger partial charge in [0.05, 0.1) is 10.6 Å². The van der Waals surface area contributed by atoms with Gasteiger partial charge in [0.15, 0.2) is 0 Å². The average molecular weight is 312 g/mol. The van der Waals surface area contributed by atoms with E-state index in [0.717, 1.165) is 40.5 Å². The van der Waals surface area contributed by atoms with Gasteiger partial charge in [-0.2, -0.15) is 0 Å². The second-order valence-electron chi connectivity index (χ2n) is 5.44. The van der Waals surface area contributed by atoms with Crippen LogP contribution in [0.1, 0.15) is 38.7 Å². The number of benzene rings is 1. The lowest BCUT2D eigenvalue weighted by Gasteiger charge is -2.33. The Morgan fingerprint density at radius 1 is 1.28 bits per heavy atom. The second-order valence-corrected chi connectivity index (χ2v) is 6.29. The van der Waals surface area contributed by atoms with Gasteiger partial charge >= 0.3 is 0 Å². The third kappa shape index (κ3) is 3.07. The largest absolute Gasteiger partial charge is 0.489 e. The zero-order valence-electron chi connectivity index (χ0n) is 11.2. The van der Waals surface area contributed by atoms with E-state index in [2.05, 4.69) is 29.8 Å². The number of ether oxygens (including phenoxy) is 1. The Morgan fingerprint density at radius 3 is 2.72 bits per heavy atom. The zero-order chi connectivity index (χ0) is 13.1. The monoisotopic (exact) mass is 311 g/mol. The summed E-state index contributed by atoms with van der Waals surface area (Å²) in [5, 5.41) is 0. The minimum Gasteiger partial charge on any atom is -0.489 e. The maximum atomic E-state index is 6.20. The molecule has 18 heavy (non-hydrogen) atoms. The maximum absolute atomic E-state index is 6.20. The van der Waals surface area contributed by atoms with Crippen molar-refractivity contribution in [1.29, 1.82) is 0 Å². The highest BCUT2D eigenvalue weighted by Gasteiger charge is 2.26. The highest BCUT2D eigenvalue weighted by Crippen LogP contribution is 2.35. The molecule has 0 aromatic heterocycles. The summed E-state index contributed by atoms with van der Waals surface area (Å²) < 4.78 is 7.21. The normalized spacial score (nSPS) is 28.1. The van der Waals surface area contributed by atoms with Gasteiger partial charge in [-0.15, -0.1) is 0 Å². The smallest absolute Gasteiger partial charge is 0.138 e. The zero-order valence-corrected chi connectivity index (χ0v) is 12.7. The molecular formula is C15H22BrNO. The van der Waals surface area contributed by atoms with Gasteiger partial charge in [0.25, 0.3) is 0 Å². The van der Waals surface area contributed by atoms with Crippen molar-refractivity contribution in [2.75, 3.05) is 0 Å². The van der Waals surface area contributed by atoms with Crippen molar-refractivity contribution in [3.05, 3.63) is 28.2 Å². The van der Waals surface area contributed by atoms with Crippen molar-refractivity contribution < 1.29 is 4.74 Å². The summed E-state index contributed by atoms with van der Waals surface area (Å²) in [4.78, 5) is 0. The van der Waals surface area contributed by atoms with E-state index in [0.29, 0.717) is 12.6 Å². The molecule has 2 N–H and O–H groups in total. The summed E-state index contributed by atoms with van der Waals surface area (Å²) in [6, 6.07) is 6.06. The number of nitrogens with two attached hydrogens (primary N) is 1. The van der Waals surface area contributed by atoms with Crippen LogP contribution < -0.4 is 10.5 Å². The molecule has 0 bridgehead atoms. The van der Waals surface area contributed by atoms with Gasteiger partial charge < -0.3 is 10.5 Å². The number of halogens is 1. The Morgan fingerprint density at radius 2 is 2.06 bits per heavy atom. The summed E-state index contributed by atoms with van der Waals surface area (Å²) in [6.07, 6.45) is 3.89. The van der Waals surface area contributed by atoms with E-state index in [1.165, 1.54) is 6.42 Å². The summed E-state index contributed by atoms with van der Waals surface area (Å²) in [7, 11) is 0. The van der Waals surface area contributed by atoms with Crippen LogP contribution in [-0.2, 0) is 6.54 Å². The minimum atomic E-state index is 0.334. The molecule has 100 valence electrons. The Hall–Kier alpha value is -0.540. The Kier molecular flexibility index (Phi) is 4.68. The molecule has 0 heterocycles. The first-order valence-electron chi connectivity index (χ1n) is 6.76. The highest BCUT2D eigenvalue weighted by molar-refractivity contribution is 9.10. The van der Waals surface area contributed by atoms with Crippen LogP contribution in [0.15, 0.2) is 22.7 Å². The van der Waals surface area contributed by atoms with E-state index >= 15 is 0 Å². The summed E-state index contributed by atoms with van der Waals surface area (Å²) in [5.41, 5.74) is 6.85. The summed E-state index contributed by atoms with van der Waals surface area (Å²) in [6.45, 7) is 5.18. The average Bonchev–Trinajstić information content (AvgIpc) is 2.36. The van der Waals surface area contributed by atoms with E-state index in [9.17, 15) is 0 Å². The molecule has 2 nitrogen and oxygen atoms in total. The molecule has 3 atom stereocenters. The van der Waals surface area contributed by atoms with Crippen molar-refractivity contribution in [2.45, 2.75) is 45.8 Å². The number of hydrogen-bond acceptors (Lipinski definition) is 2. The molecule has 0 saturated heterocycles. The van der Waals surface area contributed by atoms with E-state index in [1.54, 1.807) is 0 Å². The molecule has 3 heteroatoms. The molecular weight excluding hydrogens is 290 g/mol. The van der Waals surface area contributed by atoms with E-state index < -0.39 is 0 Å². The molecule has 1 aliphatic rings. The lowest BCUT2D eigenvalue weighted by Crippen LogP contribution is -2.29. The van der Waals surface area contributed by atoms with Crippen molar-refractivity contribution in [2.24, 2.45) is 17.6 Å². The van der Waals surface area contributed by atoms with Crippen molar-refractivity contribution in [3.8, 4) is 5.75 Å². The summed E-state index contributed by atoms with van der Waals surface area (Å²) >= 11 is 3.56. The molecule has 0 radical (unpaired) electrons. The van der Waals surface area contributed by atoms with Crippen molar-refractivity contribution in [1.82, 2.24) is 0 Å². The van der Waals surface area contributed by atoms with Crippen LogP contribution in [0.5, 0.6) is 5.75 Å². The van der Waals surface area contributed by atoms with Crippen LogP contribution in [0.2, 0.25) is 0 Å². The van der Waals surface area contributed by atoms with Crippen LogP contribution in [-0.4, -0.2) is 6.10 Å². The second kappa shape index (κ2) is 6.07. The molecule has 1 fully saturated rings. The number of hydrogen-bond donors (Lipinski definition) is 1. The molecule has 1 aliphatic carbocycles. The third-order valence-corrected chi connectivity index (χ3v) is 4.73. The molecule has 0 aliphatic heterocycles. The van der Waals surface area contributed by atoms with Crippen LogP contribution in [0.4, 0.5) is 0 Å². The number of para-hydroxylation sites is 1. The molecule has 1 aromatic rings. The van der Waals surface area contributed by atoms with Gasteiger partial charge in [-0.25, -0.2) is 0 Å². The van der Waals surface area contributed by atoms with Gasteiger partial charge in [-0.05, 0) is 53.1 Å². The topological polar surface area (TPSA) is 35.2 Å². The van der Waals surface area contributed by atoms with E-state index in [-0.39, 0.29) is 0 Å². The maximum Gasteiger partial charge on any atom is 0.138 e. The fourth-order valence-corrected chi connectivity index (χ4v) is 3.12. The minimum absolute atomic E-state index is 0.334. The van der Waals surface area contributed by atoms with Crippen molar-refractivity contribution in [3.63, 3.8) is 0 Å².